The fraction of sp³-hybridized carbons (Fsp3) is 0.583. The number of hydrogen-bond acceptors (Lipinski definition) is 9. The third kappa shape index (κ3) is 9.61. The van der Waals surface area contributed by atoms with Crippen LogP contribution < -0.4 is 20.7 Å². The molecule has 0 radical (unpaired) electrons. The summed E-state index contributed by atoms with van der Waals surface area (Å²) in [6.07, 6.45) is 8.58. The van der Waals surface area contributed by atoms with E-state index in [0.29, 0.717) is 43.2 Å². The number of ether oxygens (including phenoxy) is 2. The molecule has 3 atom stereocenters. The number of alkyl carbamates (subject to hydrolysis) is 1. The summed E-state index contributed by atoms with van der Waals surface area (Å²) in [5.41, 5.74) is 0.253. The predicted octanol–water partition coefficient (Wildman–Crippen LogP) is 5.56. The van der Waals surface area contributed by atoms with Gasteiger partial charge in [-0.1, -0.05) is 12.8 Å². The fourth-order valence-electron chi connectivity index (χ4n) is 6.44. The molecule has 2 aromatic heterocycles. The average Bonchev–Trinajstić information content (AvgIpc) is 3.56. The average molecular weight is 696 g/mol. The molecule has 2 fully saturated rings. The van der Waals surface area contributed by atoms with Crippen molar-refractivity contribution in [2.45, 2.75) is 103 Å². The molecule has 5 rings (SSSR count). The van der Waals surface area contributed by atoms with Gasteiger partial charge in [0.1, 0.15) is 34.7 Å². The van der Waals surface area contributed by atoms with Crippen LogP contribution in [0.3, 0.4) is 0 Å². The van der Waals surface area contributed by atoms with E-state index in [9.17, 15) is 23.9 Å². The number of carbonyl (C=O) groups excluding carboxylic acids is 2. The molecule has 1 saturated carbocycles. The molecule has 1 aromatic carbocycles. The third-order valence-corrected chi connectivity index (χ3v) is 9.24. The van der Waals surface area contributed by atoms with E-state index in [1.54, 1.807) is 18.3 Å². The van der Waals surface area contributed by atoms with E-state index in [4.69, 9.17) is 9.47 Å². The van der Waals surface area contributed by atoms with E-state index in [1.165, 1.54) is 22.8 Å². The number of halogens is 1. The molecular weight excluding hydrogens is 645 g/mol. The van der Waals surface area contributed by atoms with Gasteiger partial charge in [0.05, 0.1) is 18.3 Å². The lowest BCUT2D eigenvalue weighted by molar-refractivity contribution is -0.130. The molecule has 0 bridgehead atoms. The number of fused-ring (bicyclic) bond motifs is 1. The number of carboxylic acid groups (broad SMARTS) is 1. The van der Waals surface area contributed by atoms with Gasteiger partial charge in [-0.25, -0.2) is 23.5 Å². The molecule has 1 aliphatic carbocycles. The normalized spacial score (nSPS) is 17.8. The van der Waals surface area contributed by atoms with E-state index in [-0.39, 0.29) is 34.7 Å². The molecule has 3 aromatic rings. The van der Waals surface area contributed by atoms with Gasteiger partial charge in [0, 0.05) is 43.2 Å². The Balaban J connectivity index is 0.990. The number of amides is 2. The van der Waals surface area contributed by atoms with Gasteiger partial charge in [-0.2, -0.15) is 5.10 Å². The molecule has 14 heteroatoms. The number of carbonyl (C=O) groups is 3. The van der Waals surface area contributed by atoms with Crippen LogP contribution in [0.25, 0.3) is 5.65 Å². The minimum absolute atomic E-state index is 0.0100. The summed E-state index contributed by atoms with van der Waals surface area (Å²) in [4.78, 5) is 43.1. The molecule has 13 nitrogen and oxygen atoms in total. The maximum atomic E-state index is 14.3. The van der Waals surface area contributed by atoms with Crippen molar-refractivity contribution in [3.8, 4) is 5.75 Å². The number of rotatable bonds is 16. The maximum Gasteiger partial charge on any atom is 0.407 e. The second-order valence-electron chi connectivity index (χ2n) is 14.6. The van der Waals surface area contributed by atoms with Gasteiger partial charge in [-0.15, -0.1) is 0 Å². The van der Waals surface area contributed by atoms with Crippen LogP contribution in [0.1, 0.15) is 102 Å². The van der Waals surface area contributed by atoms with E-state index < -0.39 is 29.5 Å². The van der Waals surface area contributed by atoms with E-state index in [2.05, 4.69) is 26.0 Å². The van der Waals surface area contributed by atoms with Gasteiger partial charge in [-0.3, -0.25) is 4.79 Å². The van der Waals surface area contributed by atoms with Crippen LogP contribution >= 0.6 is 0 Å². The van der Waals surface area contributed by atoms with E-state index in [0.717, 1.165) is 45.1 Å². The number of likely N-dealkylation sites (tertiary alicyclic amines) is 1. The molecule has 3 heterocycles. The second kappa shape index (κ2) is 15.6. The Kier molecular flexibility index (Phi) is 11.5. The Labute approximate surface area is 292 Å². The van der Waals surface area contributed by atoms with Crippen molar-refractivity contribution in [1.29, 1.82) is 0 Å². The number of nitrogens with one attached hydrogen (secondary N) is 3. The Hall–Kier alpha value is -4.46. The highest BCUT2D eigenvalue weighted by Gasteiger charge is 2.56. The zero-order valence-electron chi connectivity index (χ0n) is 29.6. The molecule has 1 saturated heterocycles. The number of nitrogens with zero attached hydrogens (tertiary/aromatic N) is 4. The summed E-state index contributed by atoms with van der Waals surface area (Å²) in [7, 11) is 0. The number of aromatic carboxylic acids is 1. The van der Waals surface area contributed by atoms with Crippen molar-refractivity contribution in [3.05, 3.63) is 53.6 Å². The summed E-state index contributed by atoms with van der Waals surface area (Å²) < 4.78 is 27.3. The number of benzene rings is 1. The standard InChI is InChI=1S/C36H50FN7O6/c1-23(49-28-12-11-25(37)18-26(28)24(2)40-30-13-17-44-32(42-30)27(20-39-44)33(46)47)19-38-16-9-7-6-8-10-31(45)43-21-29(36(22-43)14-15-36)41-34(48)50-35(3,4)5/h11-13,17-18,20,23-24,29,38H,6-10,14-16,19,21-22H2,1-5H3,(H,40,42)(H,41,48)(H,46,47)/t23-,24+,29-/m0/s1. The van der Waals surface area contributed by atoms with Crippen molar-refractivity contribution < 1.29 is 33.4 Å². The predicted molar refractivity (Wildman–Crippen MR) is 186 cm³/mol. The van der Waals surface area contributed by atoms with Crippen LogP contribution in [0.4, 0.5) is 15.0 Å². The smallest absolute Gasteiger partial charge is 0.407 e. The largest absolute Gasteiger partial charge is 0.489 e. The summed E-state index contributed by atoms with van der Waals surface area (Å²) in [6.45, 7) is 12.0. The van der Waals surface area contributed by atoms with Crippen molar-refractivity contribution in [2.75, 3.05) is 31.5 Å². The third-order valence-electron chi connectivity index (χ3n) is 9.24. The molecular formula is C36H50FN7O6. The van der Waals surface area contributed by atoms with Gasteiger partial charge in [0.15, 0.2) is 5.65 Å². The maximum absolute atomic E-state index is 14.3. The van der Waals surface area contributed by atoms with Crippen molar-refractivity contribution >= 4 is 29.4 Å². The SMILES string of the molecule is C[C@@H](CNCCCCCCC(=O)N1C[C@H](NC(=O)OC(C)(C)C)C2(CC2)C1)Oc1ccc(F)cc1[C@@H](C)Nc1ccn2ncc(C(=O)O)c2n1. The second-order valence-corrected chi connectivity index (χ2v) is 14.6. The number of unbranched alkanes of at least 4 members (excludes halogenated alkanes) is 3. The van der Waals surface area contributed by atoms with Gasteiger partial charge >= 0.3 is 12.1 Å². The molecule has 4 N–H and O–H groups in total. The number of anilines is 1. The van der Waals surface area contributed by atoms with E-state index in [1.807, 2.05) is 39.5 Å². The van der Waals surface area contributed by atoms with Crippen LogP contribution in [-0.4, -0.2) is 86.5 Å². The van der Waals surface area contributed by atoms with Crippen LogP contribution in [0, 0.1) is 11.2 Å². The molecule has 1 spiro atoms. The van der Waals surface area contributed by atoms with Gasteiger partial charge in [0.25, 0.3) is 0 Å². The van der Waals surface area contributed by atoms with Crippen LogP contribution in [0.2, 0.25) is 0 Å². The zero-order chi connectivity index (χ0) is 36.1. The first-order chi connectivity index (χ1) is 23.7. The first-order valence-corrected chi connectivity index (χ1v) is 17.5. The van der Waals surface area contributed by atoms with Crippen molar-refractivity contribution in [2.24, 2.45) is 5.41 Å². The molecule has 1 aliphatic heterocycles. The van der Waals surface area contributed by atoms with Gasteiger partial charge in [0.2, 0.25) is 5.91 Å². The Bertz CT molecular complexity index is 1670. The number of carboxylic acids is 1. The van der Waals surface area contributed by atoms with Crippen molar-refractivity contribution in [3.63, 3.8) is 0 Å². The van der Waals surface area contributed by atoms with Crippen LogP contribution in [-0.2, 0) is 9.53 Å². The summed E-state index contributed by atoms with van der Waals surface area (Å²) in [5.74, 6) is -0.400. The van der Waals surface area contributed by atoms with Gasteiger partial charge < -0.3 is 35.4 Å². The Morgan fingerprint density at radius 3 is 2.60 bits per heavy atom. The lowest BCUT2D eigenvalue weighted by Gasteiger charge is -2.23. The first kappa shape index (κ1) is 36.8. The topological polar surface area (TPSA) is 159 Å². The quantitative estimate of drug-likeness (QED) is 0.140. The minimum Gasteiger partial charge on any atom is -0.489 e. The van der Waals surface area contributed by atoms with Crippen LogP contribution in [0.15, 0.2) is 36.7 Å². The van der Waals surface area contributed by atoms with E-state index >= 15 is 0 Å². The highest BCUT2D eigenvalue weighted by Crippen LogP contribution is 2.53. The monoisotopic (exact) mass is 695 g/mol. The highest BCUT2D eigenvalue weighted by molar-refractivity contribution is 5.94. The summed E-state index contributed by atoms with van der Waals surface area (Å²) >= 11 is 0. The highest BCUT2D eigenvalue weighted by atomic mass is 19.1. The number of hydrogen-bond donors (Lipinski definition) is 4. The molecule has 2 aliphatic rings. The Morgan fingerprint density at radius 1 is 1.12 bits per heavy atom. The molecule has 0 unspecified atom stereocenters. The zero-order valence-corrected chi connectivity index (χ0v) is 29.6. The lowest BCUT2D eigenvalue weighted by Crippen LogP contribution is -2.44. The molecule has 2 amide bonds. The molecule has 272 valence electrons. The summed E-state index contributed by atoms with van der Waals surface area (Å²) in [5, 5.41) is 23.1. The first-order valence-electron chi connectivity index (χ1n) is 17.5. The summed E-state index contributed by atoms with van der Waals surface area (Å²) in [6, 6.07) is 5.62. The Morgan fingerprint density at radius 2 is 1.88 bits per heavy atom. The van der Waals surface area contributed by atoms with Crippen molar-refractivity contribution in [1.82, 2.24) is 30.1 Å². The fourth-order valence-corrected chi connectivity index (χ4v) is 6.44. The number of aromatic nitrogens is 3. The van der Waals surface area contributed by atoms with Crippen LogP contribution in [0.5, 0.6) is 5.75 Å². The lowest BCUT2D eigenvalue weighted by atomic mass is 10.0. The van der Waals surface area contributed by atoms with Gasteiger partial charge in [-0.05, 0) is 91.1 Å². The minimum atomic E-state index is -1.12. The molecule has 50 heavy (non-hydrogen) atoms.